The fourth-order valence-corrected chi connectivity index (χ4v) is 8.00. The van der Waals surface area contributed by atoms with E-state index in [4.69, 9.17) is 16.6 Å². The molecule has 3 fully saturated rings. The molecule has 0 aromatic heterocycles. The number of halogens is 4. The first-order valence-electron chi connectivity index (χ1n) is 13.4. The zero-order valence-electron chi connectivity index (χ0n) is 23.3. The van der Waals surface area contributed by atoms with Crippen LogP contribution < -0.4 is 10.6 Å². The van der Waals surface area contributed by atoms with E-state index in [0.717, 1.165) is 19.4 Å². The lowest BCUT2D eigenvalue weighted by atomic mass is 9.38. The van der Waals surface area contributed by atoms with Crippen molar-refractivity contribution in [2.45, 2.75) is 81.7 Å². The van der Waals surface area contributed by atoms with Crippen molar-refractivity contribution < 1.29 is 26.4 Å². The van der Waals surface area contributed by atoms with Crippen LogP contribution in [-0.4, -0.2) is 54.3 Å². The minimum atomic E-state index is -4.46. The molecule has 0 spiro atoms. The van der Waals surface area contributed by atoms with Gasteiger partial charge in [-0.3, -0.25) is 9.79 Å². The minimum absolute atomic E-state index is 0.176. The van der Waals surface area contributed by atoms with Crippen LogP contribution in [0.25, 0.3) is 0 Å². The van der Waals surface area contributed by atoms with Gasteiger partial charge in [-0.25, -0.2) is 8.42 Å². The molecule has 0 radical (unpaired) electrons. The largest absolute Gasteiger partial charge is 0.395 e. The van der Waals surface area contributed by atoms with Crippen LogP contribution >= 0.6 is 11.6 Å². The van der Waals surface area contributed by atoms with Gasteiger partial charge in [-0.15, -0.1) is 0 Å². The molecule has 0 unspecified atom stereocenters. The molecule has 1 amide bonds. The summed E-state index contributed by atoms with van der Waals surface area (Å²) in [6.45, 7) is 5.24. The van der Waals surface area contributed by atoms with Crippen LogP contribution in [0, 0.1) is 10.8 Å². The zero-order chi connectivity index (χ0) is 30.1. The number of sulfonamides is 1. The van der Waals surface area contributed by atoms with Crippen molar-refractivity contribution in [1.29, 1.82) is 0 Å². The Balaban J connectivity index is 1.33. The molecule has 0 saturated heterocycles. The maximum absolute atomic E-state index is 13.9. The van der Waals surface area contributed by atoms with Crippen molar-refractivity contribution in [3.05, 3.63) is 65.2 Å². The number of rotatable bonds is 9. The van der Waals surface area contributed by atoms with Crippen LogP contribution in [-0.2, 0) is 21.4 Å². The summed E-state index contributed by atoms with van der Waals surface area (Å²) in [6.07, 6.45) is -2.89. The number of hydrogen-bond acceptors (Lipinski definition) is 5. The zero-order valence-corrected chi connectivity index (χ0v) is 24.9. The number of alkyl halides is 3. The predicted octanol–water partition coefficient (Wildman–Crippen LogP) is 5.31. The molecule has 2 N–H and O–H groups in total. The maximum Gasteiger partial charge on any atom is 0.395 e. The van der Waals surface area contributed by atoms with Gasteiger partial charge in [0.2, 0.25) is 15.9 Å². The van der Waals surface area contributed by atoms with Crippen molar-refractivity contribution in [3.8, 4) is 0 Å². The number of nitrogens with zero attached hydrogens (tertiary/aromatic N) is 2. The average molecular weight is 611 g/mol. The molecule has 6 rings (SSSR count). The SMILES string of the molecule is CC1(C)N=C(C23CC(N(Cc4ccc(Cl)cc4)S(=O)(=O)c4ccccc4)(C2)C3)N[C@H]1C(=O)NCC(C)(C)C(F)(F)F. The van der Waals surface area contributed by atoms with Gasteiger partial charge in [-0.05, 0) is 76.8 Å². The fourth-order valence-electron chi connectivity index (χ4n) is 6.10. The lowest BCUT2D eigenvalue weighted by Crippen LogP contribution is -2.78. The Bertz CT molecular complexity index is 1460. The third-order valence-corrected chi connectivity index (χ3v) is 10.9. The monoisotopic (exact) mass is 610 g/mol. The van der Waals surface area contributed by atoms with Gasteiger partial charge in [-0.2, -0.15) is 17.5 Å². The second kappa shape index (κ2) is 9.70. The molecular formula is C29H34ClF3N4O3S. The highest BCUT2D eigenvalue weighted by atomic mass is 35.5. The number of aliphatic imine (C=N–C) groups is 1. The van der Waals surface area contributed by atoms with E-state index in [1.165, 1.54) is 0 Å². The molecular weight excluding hydrogens is 577 g/mol. The molecule has 3 saturated carbocycles. The van der Waals surface area contributed by atoms with Gasteiger partial charge in [0.05, 0.1) is 15.8 Å². The normalized spacial score (nSPS) is 27.0. The molecule has 222 valence electrons. The van der Waals surface area contributed by atoms with Gasteiger partial charge in [-0.1, -0.05) is 41.9 Å². The number of carbonyl (C=O) groups excluding carboxylic acids is 1. The molecule has 12 heteroatoms. The molecule has 7 nitrogen and oxygen atoms in total. The first-order valence-corrected chi connectivity index (χ1v) is 15.3. The lowest BCUT2D eigenvalue weighted by Gasteiger charge is -2.72. The Morgan fingerprint density at radius 2 is 1.66 bits per heavy atom. The highest BCUT2D eigenvalue weighted by Crippen LogP contribution is 2.71. The second-order valence-electron chi connectivity index (χ2n) is 12.8. The van der Waals surface area contributed by atoms with Crippen LogP contribution in [0.1, 0.15) is 52.5 Å². The number of hydrogen-bond donors (Lipinski definition) is 2. The van der Waals surface area contributed by atoms with E-state index in [1.54, 1.807) is 60.6 Å². The van der Waals surface area contributed by atoms with E-state index in [0.29, 0.717) is 30.1 Å². The summed E-state index contributed by atoms with van der Waals surface area (Å²) in [7, 11) is -3.84. The molecule has 2 aromatic rings. The van der Waals surface area contributed by atoms with E-state index in [-0.39, 0.29) is 11.4 Å². The predicted molar refractivity (Wildman–Crippen MR) is 151 cm³/mol. The summed E-state index contributed by atoms with van der Waals surface area (Å²) >= 11 is 6.05. The molecule has 3 aliphatic carbocycles. The standard InChI is InChI=1S/C29H34ClF3N4O3S/c1-25(2,29(31,32)33)18-34-23(38)22-26(3,4)36-24(35-22)27-15-28(16-27,17-27)37(14-19-10-12-20(30)13-11-19)41(39,40)21-8-6-5-7-9-21/h5-13,22H,14-18H2,1-4H3,(H,34,38)(H,35,36)/t22-,27?,28?/m0/s1. The van der Waals surface area contributed by atoms with E-state index in [1.807, 2.05) is 12.1 Å². The first kappa shape index (κ1) is 29.8. The van der Waals surface area contributed by atoms with E-state index < -0.39 is 56.6 Å². The highest BCUT2D eigenvalue weighted by molar-refractivity contribution is 7.89. The van der Waals surface area contributed by atoms with Crippen molar-refractivity contribution in [2.24, 2.45) is 15.8 Å². The maximum atomic E-state index is 13.9. The fraction of sp³-hybridized carbons (Fsp3) is 0.517. The summed E-state index contributed by atoms with van der Waals surface area (Å²) in [4.78, 5) is 18.0. The van der Waals surface area contributed by atoms with Crippen molar-refractivity contribution in [2.75, 3.05) is 6.54 Å². The van der Waals surface area contributed by atoms with Gasteiger partial charge in [0.25, 0.3) is 0 Å². The smallest absolute Gasteiger partial charge is 0.360 e. The van der Waals surface area contributed by atoms with Crippen LogP contribution in [0.3, 0.4) is 0 Å². The van der Waals surface area contributed by atoms with E-state index >= 15 is 0 Å². The van der Waals surface area contributed by atoms with E-state index in [9.17, 15) is 26.4 Å². The molecule has 1 aliphatic heterocycles. The molecule has 2 bridgehead atoms. The number of amides is 1. The number of carbonyl (C=O) groups is 1. The number of nitrogens with one attached hydrogen (secondary N) is 2. The van der Waals surface area contributed by atoms with Gasteiger partial charge >= 0.3 is 6.18 Å². The third kappa shape index (κ3) is 5.14. The Hall–Kier alpha value is -2.63. The van der Waals surface area contributed by atoms with Crippen molar-refractivity contribution in [1.82, 2.24) is 14.9 Å². The Kier molecular flexibility index (Phi) is 7.07. The second-order valence-corrected chi connectivity index (χ2v) is 15.1. The lowest BCUT2D eigenvalue weighted by molar-refractivity contribution is -0.209. The molecule has 41 heavy (non-hydrogen) atoms. The summed E-state index contributed by atoms with van der Waals surface area (Å²) < 4.78 is 69.2. The van der Waals surface area contributed by atoms with Crippen LogP contribution in [0.2, 0.25) is 5.02 Å². The molecule has 2 aromatic carbocycles. The summed E-state index contributed by atoms with van der Waals surface area (Å²) in [5, 5.41) is 6.20. The minimum Gasteiger partial charge on any atom is -0.360 e. The average Bonchev–Trinajstić information content (AvgIpc) is 3.16. The summed E-state index contributed by atoms with van der Waals surface area (Å²) in [5.74, 6) is 0.0616. The molecule has 1 heterocycles. The molecule has 1 atom stereocenters. The van der Waals surface area contributed by atoms with Gasteiger partial charge in [0.1, 0.15) is 11.9 Å². The van der Waals surface area contributed by atoms with Gasteiger partial charge < -0.3 is 10.6 Å². The Labute approximate surface area is 243 Å². The quantitative estimate of drug-likeness (QED) is 0.403. The van der Waals surface area contributed by atoms with Crippen LogP contribution in [0.15, 0.2) is 64.5 Å². The van der Waals surface area contributed by atoms with Crippen LogP contribution in [0.4, 0.5) is 13.2 Å². The summed E-state index contributed by atoms with van der Waals surface area (Å²) in [6, 6.07) is 14.6. The number of amidine groups is 1. The Morgan fingerprint density at radius 3 is 2.22 bits per heavy atom. The summed E-state index contributed by atoms with van der Waals surface area (Å²) in [5.41, 5.74) is -3.18. The van der Waals surface area contributed by atoms with Crippen molar-refractivity contribution in [3.63, 3.8) is 0 Å². The van der Waals surface area contributed by atoms with Crippen LogP contribution in [0.5, 0.6) is 0 Å². The molecule has 4 aliphatic rings. The first-order chi connectivity index (χ1) is 18.9. The third-order valence-electron chi connectivity index (χ3n) is 8.73. The Morgan fingerprint density at radius 1 is 1.07 bits per heavy atom. The number of benzene rings is 2. The van der Waals surface area contributed by atoms with Gasteiger partial charge in [0.15, 0.2) is 0 Å². The van der Waals surface area contributed by atoms with Crippen molar-refractivity contribution >= 4 is 33.4 Å². The highest BCUT2D eigenvalue weighted by Gasteiger charge is 2.75. The van der Waals surface area contributed by atoms with E-state index in [2.05, 4.69) is 10.6 Å². The van der Waals surface area contributed by atoms with Gasteiger partial charge in [0, 0.05) is 29.1 Å². The topological polar surface area (TPSA) is 90.9 Å².